The van der Waals surface area contributed by atoms with Gasteiger partial charge >= 0.3 is 0 Å². The molecule has 3 rings (SSSR count). The van der Waals surface area contributed by atoms with Gasteiger partial charge in [-0.1, -0.05) is 15.9 Å². The highest BCUT2D eigenvalue weighted by Crippen LogP contribution is 2.38. The summed E-state index contributed by atoms with van der Waals surface area (Å²) >= 11 is 6.83. The van der Waals surface area contributed by atoms with E-state index in [2.05, 4.69) is 37.2 Å². The van der Waals surface area contributed by atoms with Crippen LogP contribution in [0.15, 0.2) is 39.3 Å². The Morgan fingerprint density at radius 1 is 1.05 bits per heavy atom. The van der Waals surface area contributed by atoms with Crippen LogP contribution in [0.2, 0.25) is 0 Å². The Labute approximate surface area is 138 Å². The van der Waals surface area contributed by atoms with Crippen LogP contribution < -0.4 is 14.8 Å². The van der Waals surface area contributed by atoms with Crippen molar-refractivity contribution in [2.45, 2.75) is 6.54 Å². The zero-order valence-electron chi connectivity index (χ0n) is 11.0. The number of rotatable bonds is 3. The maximum absolute atomic E-state index is 13.7. The molecule has 0 saturated heterocycles. The van der Waals surface area contributed by atoms with Gasteiger partial charge in [0.1, 0.15) is 19.0 Å². The average Bonchev–Trinajstić information content (AvgIpc) is 2.48. The molecule has 0 fully saturated rings. The second-order valence-corrected chi connectivity index (χ2v) is 6.34. The maximum atomic E-state index is 13.7. The molecule has 1 heterocycles. The maximum Gasteiger partial charge on any atom is 0.163 e. The molecule has 0 aliphatic carbocycles. The summed E-state index contributed by atoms with van der Waals surface area (Å²) in [6, 6.07) is 8.59. The molecule has 0 spiro atoms. The van der Waals surface area contributed by atoms with Gasteiger partial charge in [0.2, 0.25) is 0 Å². The Balaban J connectivity index is 1.80. The van der Waals surface area contributed by atoms with Crippen molar-refractivity contribution in [3.8, 4) is 11.5 Å². The predicted molar refractivity (Wildman–Crippen MR) is 86.6 cm³/mol. The molecule has 110 valence electrons. The fourth-order valence-electron chi connectivity index (χ4n) is 2.07. The van der Waals surface area contributed by atoms with E-state index in [0.717, 1.165) is 14.6 Å². The summed E-state index contributed by atoms with van der Waals surface area (Å²) in [5.41, 5.74) is 1.42. The lowest BCUT2D eigenvalue weighted by Gasteiger charge is -2.20. The number of benzene rings is 2. The van der Waals surface area contributed by atoms with Crippen molar-refractivity contribution in [1.82, 2.24) is 0 Å². The van der Waals surface area contributed by atoms with E-state index in [-0.39, 0.29) is 5.82 Å². The van der Waals surface area contributed by atoms with Crippen molar-refractivity contribution >= 4 is 37.5 Å². The van der Waals surface area contributed by atoms with Crippen molar-refractivity contribution in [1.29, 1.82) is 0 Å². The minimum Gasteiger partial charge on any atom is -0.486 e. The van der Waals surface area contributed by atoms with Crippen LogP contribution in [-0.4, -0.2) is 13.2 Å². The molecule has 1 aliphatic rings. The third-order valence-electron chi connectivity index (χ3n) is 3.11. The second-order valence-electron chi connectivity index (χ2n) is 4.56. The fraction of sp³-hybridized carbons (Fsp3) is 0.200. The fourth-order valence-corrected chi connectivity index (χ4v) is 2.94. The van der Waals surface area contributed by atoms with E-state index in [1.54, 1.807) is 12.1 Å². The first-order chi connectivity index (χ1) is 10.1. The zero-order valence-corrected chi connectivity index (χ0v) is 14.1. The summed E-state index contributed by atoms with van der Waals surface area (Å²) in [6.07, 6.45) is 0. The highest BCUT2D eigenvalue weighted by atomic mass is 79.9. The van der Waals surface area contributed by atoms with Crippen LogP contribution in [0.25, 0.3) is 0 Å². The molecule has 21 heavy (non-hydrogen) atoms. The summed E-state index contributed by atoms with van der Waals surface area (Å²) in [7, 11) is 0. The van der Waals surface area contributed by atoms with Gasteiger partial charge in [-0.2, -0.15) is 0 Å². The normalized spacial score (nSPS) is 13.1. The Kier molecular flexibility index (Phi) is 4.35. The van der Waals surface area contributed by atoms with Crippen LogP contribution in [0, 0.1) is 5.82 Å². The molecule has 0 atom stereocenters. The number of nitrogens with one attached hydrogen (secondary N) is 1. The molecular formula is C15H12Br2FNO2. The number of hydrogen-bond acceptors (Lipinski definition) is 3. The van der Waals surface area contributed by atoms with Gasteiger partial charge in [-0.25, -0.2) is 4.39 Å². The van der Waals surface area contributed by atoms with Gasteiger partial charge in [-0.3, -0.25) is 0 Å². The van der Waals surface area contributed by atoms with Gasteiger partial charge in [0, 0.05) is 33.2 Å². The molecule has 0 aromatic heterocycles. The molecule has 0 bridgehead atoms. The zero-order chi connectivity index (χ0) is 14.8. The SMILES string of the molecule is Fc1ccc(Br)cc1CNc1cc2c(cc1Br)OCCO2. The lowest BCUT2D eigenvalue weighted by Crippen LogP contribution is -2.15. The molecule has 3 nitrogen and oxygen atoms in total. The summed E-state index contributed by atoms with van der Waals surface area (Å²) < 4.78 is 26.5. The molecule has 0 radical (unpaired) electrons. The van der Waals surface area contributed by atoms with Gasteiger partial charge in [0.25, 0.3) is 0 Å². The van der Waals surface area contributed by atoms with Crippen molar-refractivity contribution in [3.05, 3.63) is 50.7 Å². The highest BCUT2D eigenvalue weighted by Gasteiger charge is 2.15. The molecule has 0 saturated carbocycles. The largest absolute Gasteiger partial charge is 0.486 e. The number of anilines is 1. The predicted octanol–water partition coefficient (Wildman–Crippen LogP) is 4.73. The van der Waals surface area contributed by atoms with Crippen LogP contribution in [0.4, 0.5) is 10.1 Å². The van der Waals surface area contributed by atoms with E-state index < -0.39 is 0 Å². The molecule has 0 unspecified atom stereocenters. The van der Waals surface area contributed by atoms with E-state index in [1.807, 2.05) is 12.1 Å². The van der Waals surface area contributed by atoms with Gasteiger partial charge in [0.15, 0.2) is 11.5 Å². The number of halogens is 3. The minimum atomic E-state index is -0.237. The third kappa shape index (κ3) is 3.32. The topological polar surface area (TPSA) is 30.5 Å². The Morgan fingerprint density at radius 3 is 2.52 bits per heavy atom. The summed E-state index contributed by atoms with van der Waals surface area (Å²) in [5.74, 6) is 1.17. The van der Waals surface area contributed by atoms with Crippen LogP contribution in [0.1, 0.15) is 5.56 Å². The number of hydrogen-bond donors (Lipinski definition) is 1. The number of fused-ring (bicyclic) bond motifs is 1. The van der Waals surface area contributed by atoms with E-state index in [0.29, 0.717) is 36.8 Å². The van der Waals surface area contributed by atoms with Crippen molar-refractivity contribution in [3.63, 3.8) is 0 Å². The summed E-state index contributed by atoms with van der Waals surface area (Å²) in [6.45, 7) is 1.47. The molecule has 2 aromatic carbocycles. The molecular weight excluding hydrogens is 405 g/mol. The van der Waals surface area contributed by atoms with Crippen LogP contribution >= 0.6 is 31.9 Å². The van der Waals surface area contributed by atoms with E-state index in [4.69, 9.17) is 9.47 Å². The van der Waals surface area contributed by atoms with Gasteiger partial charge in [0.05, 0.1) is 5.69 Å². The monoisotopic (exact) mass is 415 g/mol. The van der Waals surface area contributed by atoms with Gasteiger partial charge in [-0.15, -0.1) is 0 Å². The first kappa shape index (κ1) is 14.7. The van der Waals surface area contributed by atoms with Crippen molar-refractivity contribution in [2.75, 3.05) is 18.5 Å². The first-order valence-electron chi connectivity index (χ1n) is 6.40. The Hall–Kier alpha value is -1.27. The van der Waals surface area contributed by atoms with Crippen LogP contribution in [0.5, 0.6) is 11.5 Å². The third-order valence-corrected chi connectivity index (χ3v) is 4.26. The van der Waals surface area contributed by atoms with Crippen molar-refractivity contribution < 1.29 is 13.9 Å². The van der Waals surface area contributed by atoms with E-state index in [9.17, 15) is 4.39 Å². The quantitative estimate of drug-likeness (QED) is 0.784. The standard InChI is InChI=1S/C15H12Br2FNO2/c16-10-1-2-12(18)9(5-10)8-19-13-7-15-14(6-11(13)17)20-3-4-21-15/h1-2,5-7,19H,3-4,8H2. The first-order valence-corrected chi connectivity index (χ1v) is 7.99. The van der Waals surface area contributed by atoms with Crippen LogP contribution in [-0.2, 0) is 6.54 Å². The van der Waals surface area contributed by atoms with Crippen molar-refractivity contribution in [2.24, 2.45) is 0 Å². The molecule has 0 amide bonds. The second kappa shape index (κ2) is 6.23. The van der Waals surface area contributed by atoms with E-state index in [1.165, 1.54) is 6.07 Å². The van der Waals surface area contributed by atoms with Crippen LogP contribution in [0.3, 0.4) is 0 Å². The molecule has 6 heteroatoms. The summed E-state index contributed by atoms with van der Waals surface area (Å²) in [4.78, 5) is 0. The molecule has 1 aliphatic heterocycles. The highest BCUT2D eigenvalue weighted by molar-refractivity contribution is 9.10. The Bertz CT molecular complexity index is 679. The van der Waals surface area contributed by atoms with Gasteiger partial charge < -0.3 is 14.8 Å². The summed E-state index contributed by atoms with van der Waals surface area (Å²) in [5, 5.41) is 3.20. The molecule has 1 N–H and O–H groups in total. The minimum absolute atomic E-state index is 0.237. The van der Waals surface area contributed by atoms with E-state index >= 15 is 0 Å². The smallest absolute Gasteiger partial charge is 0.163 e. The Morgan fingerprint density at radius 2 is 1.76 bits per heavy atom. The van der Waals surface area contributed by atoms with Gasteiger partial charge in [-0.05, 0) is 34.1 Å². The average molecular weight is 417 g/mol. The lowest BCUT2D eigenvalue weighted by atomic mass is 10.2. The lowest BCUT2D eigenvalue weighted by molar-refractivity contribution is 0.171. The molecule has 2 aromatic rings. The number of ether oxygens (including phenoxy) is 2.